The molecule has 2 aromatic carbocycles. The molecule has 0 saturated carbocycles. The van der Waals surface area contributed by atoms with Gasteiger partial charge in [-0.3, -0.25) is 0 Å². The molecule has 2 nitrogen and oxygen atoms in total. The van der Waals surface area contributed by atoms with Crippen molar-refractivity contribution in [3.63, 3.8) is 0 Å². The predicted octanol–water partition coefficient (Wildman–Crippen LogP) is 4.25. The zero-order chi connectivity index (χ0) is 13.1. The molecule has 0 radical (unpaired) electrons. The molecular weight excluding hydrogens is 264 g/mol. The number of aryl methyl sites for hydroxylation is 1. The van der Waals surface area contributed by atoms with E-state index in [0.717, 1.165) is 15.4 Å². The highest BCUT2D eigenvalue weighted by molar-refractivity contribution is 7.99. The minimum Gasteiger partial charge on any atom is -0.398 e. The molecule has 90 valence electrons. The maximum absolute atomic E-state index is 8.95. The zero-order valence-corrected chi connectivity index (χ0v) is 11.3. The number of anilines is 1. The van der Waals surface area contributed by atoms with Gasteiger partial charge in [0, 0.05) is 20.5 Å². The SMILES string of the molecule is Cc1ccc(Cl)cc1Sc1ccc(N)c(C#N)c1. The summed E-state index contributed by atoms with van der Waals surface area (Å²) in [6.45, 7) is 2.03. The second-order valence-corrected chi connectivity index (χ2v) is 5.42. The number of hydrogen-bond donors (Lipinski definition) is 1. The highest BCUT2D eigenvalue weighted by atomic mass is 35.5. The predicted molar refractivity (Wildman–Crippen MR) is 75.9 cm³/mol. The lowest BCUT2D eigenvalue weighted by molar-refractivity contribution is 1.29. The number of nitrogens with two attached hydrogens (primary N) is 1. The average Bonchev–Trinajstić information content (AvgIpc) is 2.36. The second-order valence-electron chi connectivity index (χ2n) is 3.87. The molecule has 0 unspecified atom stereocenters. The first-order chi connectivity index (χ1) is 8.60. The number of nitrogen functional groups attached to an aromatic ring is 1. The third-order valence-corrected chi connectivity index (χ3v) is 3.91. The van der Waals surface area contributed by atoms with Crippen LogP contribution in [0.2, 0.25) is 5.02 Å². The van der Waals surface area contributed by atoms with Crippen molar-refractivity contribution >= 4 is 29.1 Å². The van der Waals surface area contributed by atoms with Gasteiger partial charge in [0.15, 0.2) is 0 Å². The molecule has 0 aromatic heterocycles. The maximum Gasteiger partial charge on any atom is 0.101 e. The molecule has 0 aliphatic heterocycles. The smallest absolute Gasteiger partial charge is 0.101 e. The van der Waals surface area contributed by atoms with Crippen LogP contribution in [-0.4, -0.2) is 0 Å². The van der Waals surface area contributed by atoms with Crippen LogP contribution in [-0.2, 0) is 0 Å². The molecule has 4 heteroatoms. The third-order valence-electron chi connectivity index (χ3n) is 2.52. The van der Waals surface area contributed by atoms with Crippen LogP contribution in [0.25, 0.3) is 0 Å². The Morgan fingerprint density at radius 3 is 2.72 bits per heavy atom. The van der Waals surface area contributed by atoms with E-state index in [9.17, 15) is 0 Å². The van der Waals surface area contributed by atoms with Crippen LogP contribution in [0.4, 0.5) is 5.69 Å². The summed E-state index contributed by atoms with van der Waals surface area (Å²) in [6, 6.07) is 13.3. The lowest BCUT2D eigenvalue weighted by Crippen LogP contribution is -1.90. The summed E-state index contributed by atoms with van der Waals surface area (Å²) >= 11 is 7.56. The first-order valence-electron chi connectivity index (χ1n) is 5.34. The Hall–Kier alpha value is -1.63. The fourth-order valence-corrected chi connectivity index (χ4v) is 2.73. The van der Waals surface area contributed by atoms with Gasteiger partial charge >= 0.3 is 0 Å². The van der Waals surface area contributed by atoms with Gasteiger partial charge in [-0.1, -0.05) is 29.4 Å². The van der Waals surface area contributed by atoms with E-state index in [2.05, 4.69) is 6.07 Å². The molecule has 0 amide bonds. The van der Waals surface area contributed by atoms with Crippen molar-refractivity contribution in [1.82, 2.24) is 0 Å². The van der Waals surface area contributed by atoms with E-state index in [1.165, 1.54) is 0 Å². The van der Waals surface area contributed by atoms with Gasteiger partial charge < -0.3 is 5.73 Å². The summed E-state index contributed by atoms with van der Waals surface area (Å²) in [4.78, 5) is 2.06. The Bertz CT molecular complexity index is 632. The van der Waals surface area contributed by atoms with Gasteiger partial charge in [-0.25, -0.2) is 0 Å². The van der Waals surface area contributed by atoms with Gasteiger partial charge in [0.1, 0.15) is 6.07 Å². The van der Waals surface area contributed by atoms with Gasteiger partial charge in [0.2, 0.25) is 0 Å². The highest BCUT2D eigenvalue weighted by Crippen LogP contribution is 2.33. The van der Waals surface area contributed by atoms with Crippen molar-refractivity contribution in [2.45, 2.75) is 16.7 Å². The molecule has 0 aliphatic carbocycles. The normalized spacial score (nSPS) is 10.1. The molecule has 0 spiro atoms. The summed E-state index contributed by atoms with van der Waals surface area (Å²) in [5, 5.41) is 9.65. The van der Waals surface area contributed by atoms with Gasteiger partial charge in [0.05, 0.1) is 5.56 Å². The standard InChI is InChI=1S/C14H11ClN2S/c1-9-2-3-11(15)7-14(9)18-12-4-5-13(17)10(6-12)8-16/h2-7H,17H2,1H3. The molecule has 0 aliphatic rings. The lowest BCUT2D eigenvalue weighted by Gasteiger charge is -2.07. The van der Waals surface area contributed by atoms with Crippen LogP contribution in [0, 0.1) is 18.3 Å². The summed E-state index contributed by atoms with van der Waals surface area (Å²) in [7, 11) is 0. The fourth-order valence-electron chi connectivity index (χ4n) is 1.51. The highest BCUT2D eigenvalue weighted by Gasteiger charge is 2.05. The number of hydrogen-bond acceptors (Lipinski definition) is 3. The molecule has 2 N–H and O–H groups in total. The van der Waals surface area contributed by atoms with Crippen LogP contribution in [0.15, 0.2) is 46.2 Å². The Kier molecular flexibility index (Phi) is 3.81. The van der Waals surface area contributed by atoms with Crippen molar-refractivity contribution < 1.29 is 0 Å². The van der Waals surface area contributed by atoms with Crippen molar-refractivity contribution in [3.8, 4) is 6.07 Å². The molecule has 0 bridgehead atoms. The van der Waals surface area contributed by atoms with Crippen LogP contribution >= 0.6 is 23.4 Å². The van der Waals surface area contributed by atoms with Gasteiger partial charge in [0.25, 0.3) is 0 Å². The lowest BCUT2D eigenvalue weighted by atomic mass is 10.2. The molecule has 0 fully saturated rings. The first-order valence-corrected chi connectivity index (χ1v) is 6.53. The summed E-state index contributed by atoms with van der Waals surface area (Å²) in [5.74, 6) is 0. The number of halogens is 1. The quantitative estimate of drug-likeness (QED) is 0.833. The fraction of sp³-hybridized carbons (Fsp3) is 0.0714. The second kappa shape index (κ2) is 5.34. The van der Waals surface area contributed by atoms with Gasteiger partial charge in [-0.15, -0.1) is 0 Å². The number of benzene rings is 2. The molecule has 18 heavy (non-hydrogen) atoms. The van der Waals surface area contributed by atoms with E-state index in [-0.39, 0.29) is 0 Å². The molecule has 0 saturated heterocycles. The number of rotatable bonds is 2. The van der Waals surface area contributed by atoms with Crippen molar-refractivity contribution in [2.24, 2.45) is 0 Å². The van der Waals surface area contributed by atoms with Crippen molar-refractivity contribution in [3.05, 3.63) is 52.5 Å². The van der Waals surface area contributed by atoms with Crippen LogP contribution in [0.3, 0.4) is 0 Å². The number of nitriles is 1. The van der Waals surface area contributed by atoms with E-state index in [1.807, 2.05) is 31.2 Å². The summed E-state index contributed by atoms with van der Waals surface area (Å²) in [6.07, 6.45) is 0. The van der Waals surface area contributed by atoms with Crippen LogP contribution < -0.4 is 5.73 Å². The van der Waals surface area contributed by atoms with Gasteiger partial charge in [-0.05, 0) is 42.8 Å². The van der Waals surface area contributed by atoms with Crippen molar-refractivity contribution in [1.29, 1.82) is 5.26 Å². The molecule has 2 aromatic rings. The zero-order valence-electron chi connectivity index (χ0n) is 9.77. The number of nitrogens with zero attached hydrogens (tertiary/aromatic N) is 1. The third kappa shape index (κ3) is 2.79. The Balaban J connectivity index is 2.34. The summed E-state index contributed by atoms with van der Waals surface area (Å²) in [5.41, 5.74) is 7.85. The summed E-state index contributed by atoms with van der Waals surface area (Å²) < 4.78 is 0. The minimum absolute atomic E-state index is 0.500. The van der Waals surface area contributed by atoms with E-state index >= 15 is 0 Å². The van der Waals surface area contributed by atoms with Gasteiger partial charge in [-0.2, -0.15) is 5.26 Å². The average molecular weight is 275 g/mol. The van der Waals surface area contributed by atoms with E-state index < -0.39 is 0 Å². The topological polar surface area (TPSA) is 49.8 Å². The molecule has 2 rings (SSSR count). The largest absolute Gasteiger partial charge is 0.398 e. The molecular formula is C14H11ClN2S. The van der Waals surface area contributed by atoms with E-state index in [0.29, 0.717) is 16.3 Å². The minimum atomic E-state index is 0.500. The van der Waals surface area contributed by atoms with Crippen LogP contribution in [0.5, 0.6) is 0 Å². The molecule has 0 heterocycles. The van der Waals surface area contributed by atoms with Crippen LogP contribution in [0.1, 0.15) is 11.1 Å². The van der Waals surface area contributed by atoms with Crippen molar-refractivity contribution in [2.75, 3.05) is 5.73 Å². The van der Waals surface area contributed by atoms with E-state index in [4.69, 9.17) is 22.6 Å². The monoisotopic (exact) mass is 274 g/mol. The molecule has 0 atom stereocenters. The Morgan fingerprint density at radius 2 is 2.00 bits per heavy atom. The Morgan fingerprint density at radius 1 is 1.22 bits per heavy atom. The van der Waals surface area contributed by atoms with E-state index in [1.54, 1.807) is 23.9 Å². The Labute approximate surface area is 115 Å². The maximum atomic E-state index is 8.95. The first kappa shape index (κ1) is 12.8.